The Bertz CT molecular complexity index is 7700. The summed E-state index contributed by atoms with van der Waals surface area (Å²) in [6.45, 7) is 0. The second kappa shape index (κ2) is 26.9. The summed E-state index contributed by atoms with van der Waals surface area (Å²) in [5.74, 6) is 0.528. The molecule has 0 unspecified atom stereocenters. The van der Waals surface area contributed by atoms with Gasteiger partial charge in [-0.05, 0) is 96.5 Å². The number of aromatic amines is 1. The quantitative estimate of drug-likeness (QED) is 0.156. The van der Waals surface area contributed by atoms with Gasteiger partial charge in [0, 0.05) is 112 Å². The largest absolute Gasteiger partial charge is 0.456 e. The molecule has 0 amide bonds. The fourth-order valence-corrected chi connectivity index (χ4v) is 14.7. The fraction of sp³-hybridized carbons (Fsp3) is 0.0217. The number of nitrogens with one attached hydrogen (secondary N) is 1. The number of furan rings is 2. The van der Waals surface area contributed by atoms with Crippen LogP contribution in [-0.2, 0) is 0 Å². The second-order valence-corrected chi connectivity index (χ2v) is 25.1. The van der Waals surface area contributed by atoms with E-state index in [-0.39, 0.29) is 68.9 Å². The summed E-state index contributed by atoms with van der Waals surface area (Å²) in [7, 11) is 0. The molecule has 22 rings (SSSR count). The van der Waals surface area contributed by atoms with Crippen LogP contribution in [0.15, 0.2) is 336 Å². The third-order valence-corrected chi connectivity index (χ3v) is 19.1. The molecule has 14 aromatic carbocycles. The summed E-state index contributed by atoms with van der Waals surface area (Å²) >= 11 is 6.11. The van der Waals surface area contributed by atoms with Crippen LogP contribution in [-0.4, -0.2) is 57.0 Å². The van der Waals surface area contributed by atoms with E-state index in [1.165, 1.54) is 49.3 Å². The minimum atomic E-state index is -0.493. The van der Waals surface area contributed by atoms with Crippen molar-refractivity contribution >= 4 is 151 Å². The van der Waals surface area contributed by atoms with Crippen molar-refractivity contribution in [2.45, 2.75) is 14.9 Å². The maximum Gasteiger partial charge on any atom is 0.238 e. The first-order valence-corrected chi connectivity index (χ1v) is 33.7. The normalized spacial score (nSPS) is 12.7. The number of rotatable bonds is 7. The van der Waals surface area contributed by atoms with Gasteiger partial charge in [-0.2, -0.15) is 19.9 Å². The summed E-state index contributed by atoms with van der Waals surface area (Å²) in [6, 6.07) is 85.4. The molecule has 0 aliphatic carbocycles. The molecule has 12 nitrogen and oxygen atoms in total. The third kappa shape index (κ3) is 10.9. The molecule has 0 bridgehead atoms. The first-order chi connectivity index (χ1) is 55.1. The summed E-state index contributed by atoms with van der Waals surface area (Å²) < 4.78 is 102. The Hall–Kier alpha value is -13.7. The minimum absolute atomic E-state index is 0. The summed E-state index contributed by atoms with van der Waals surface area (Å²) in [5, 5.41) is 12.9. The minimum Gasteiger partial charge on any atom is -0.456 e. The topological polar surface area (TPSA) is 134 Å². The summed E-state index contributed by atoms with van der Waals surface area (Å²) in [6.07, 6.45) is 0. The third-order valence-electron chi connectivity index (χ3n) is 19.0. The molecule has 14 heteroatoms. The first-order valence-electron chi connectivity index (χ1n) is 38.3. The number of hydrogen-bond acceptors (Lipinski definition) is 8. The smallest absolute Gasteiger partial charge is 0.238 e. The molecule has 8 heterocycles. The van der Waals surface area contributed by atoms with Crippen LogP contribution >= 0.6 is 11.6 Å². The highest BCUT2D eigenvalue weighted by Crippen LogP contribution is 2.44. The van der Waals surface area contributed by atoms with Crippen LogP contribution in [0.3, 0.4) is 0 Å². The predicted octanol–water partition coefficient (Wildman–Crippen LogP) is 24.4. The van der Waals surface area contributed by atoms with Gasteiger partial charge in [-0.25, -0.2) is 9.97 Å². The number of H-pyrrole nitrogens is 1. The Morgan fingerprint density at radius 2 is 0.660 bits per heavy atom. The Balaban J connectivity index is 0.000000136. The van der Waals surface area contributed by atoms with E-state index in [0.717, 1.165) is 82.0 Å². The van der Waals surface area contributed by atoms with Gasteiger partial charge >= 0.3 is 0 Å². The van der Waals surface area contributed by atoms with Crippen LogP contribution < -0.4 is 0 Å². The monoisotopic (exact) mass is 1400 g/mol. The lowest BCUT2D eigenvalue weighted by Crippen LogP contribution is -2.07. The average Bonchev–Trinajstić information content (AvgIpc) is 1.54. The van der Waals surface area contributed by atoms with E-state index >= 15 is 0 Å². The van der Waals surface area contributed by atoms with Crippen LogP contribution in [0.25, 0.3) is 194 Å². The van der Waals surface area contributed by atoms with Gasteiger partial charge in [-0.3, -0.25) is 4.57 Å². The van der Waals surface area contributed by atoms with Gasteiger partial charge in [0.05, 0.1) is 52.3 Å². The Labute approximate surface area is 629 Å². The number of halogens is 1. The molecule has 503 valence electrons. The molecular weight excluding hydrogens is 1320 g/mol. The maximum absolute atomic E-state index is 8.92. The van der Waals surface area contributed by atoms with Crippen molar-refractivity contribution in [3.05, 3.63) is 333 Å². The molecule has 8 aromatic heterocycles. The van der Waals surface area contributed by atoms with Crippen molar-refractivity contribution in [3.63, 3.8) is 0 Å². The van der Waals surface area contributed by atoms with E-state index in [1.54, 1.807) is 6.07 Å². The number of hydrogen-bond donors (Lipinski definition) is 1. The Morgan fingerprint density at radius 3 is 1.17 bits per heavy atom. The molecule has 22 aromatic rings. The number of fused-ring (bicyclic) bond motifs is 20. The van der Waals surface area contributed by atoms with Gasteiger partial charge in [0.15, 0.2) is 23.3 Å². The van der Waals surface area contributed by atoms with E-state index in [1.807, 2.05) is 132 Å². The molecular formula is C92H63BClN10O2. The summed E-state index contributed by atoms with van der Waals surface area (Å²) in [5.41, 5.74) is 14.4. The van der Waals surface area contributed by atoms with Crippen LogP contribution in [0.1, 0.15) is 28.6 Å². The SMILES string of the molecule is C.C.[2H]c1c([2H])c([2H])c(-c2nc(-c3ccc4c(c3)oc3ccccc34)nc(-n3c4ccccc4c4ccc5c6ccccc6n(-c6ccccc6)c5c43)n2)c([2H])c1[2H].[2H]c1c([2H])c([2H])c(-c2nc(Cl)nc(-c3ccc4c(c3)oc3ccccc34)n2)c([2H])c1[2H].[B].c1ccc(-n2c3ccccc3c3ccc4c5ccccc5[nH]c4c32)cc1. The number of aromatic nitrogens is 10. The Kier molecular flexibility index (Phi) is 13.9. The van der Waals surface area contributed by atoms with E-state index in [2.05, 4.69) is 163 Å². The first kappa shape index (κ1) is 54.9. The van der Waals surface area contributed by atoms with Crippen molar-refractivity contribution < 1.29 is 22.5 Å². The molecule has 0 atom stereocenters. The van der Waals surface area contributed by atoms with Gasteiger partial charge in [-0.15, -0.1) is 0 Å². The molecule has 0 aliphatic heterocycles. The van der Waals surface area contributed by atoms with E-state index in [0.29, 0.717) is 22.3 Å². The molecule has 1 N–H and O–H groups in total. The predicted molar refractivity (Wildman–Crippen MR) is 439 cm³/mol. The number of benzene rings is 14. The van der Waals surface area contributed by atoms with Gasteiger partial charge in [-0.1, -0.05) is 257 Å². The lowest BCUT2D eigenvalue weighted by molar-refractivity contribution is 0.668. The lowest BCUT2D eigenvalue weighted by Gasteiger charge is -2.13. The van der Waals surface area contributed by atoms with E-state index < -0.39 is 60.4 Å². The fourth-order valence-electron chi connectivity index (χ4n) is 14.5. The highest BCUT2D eigenvalue weighted by Gasteiger charge is 2.25. The van der Waals surface area contributed by atoms with Crippen molar-refractivity contribution in [1.29, 1.82) is 0 Å². The van der Waals surface area contributed by atoms with Crippen molar-refractivity contribution in [2.24, 2.45) is 0 Å². The van der Waals surface area contributed by atoms with Gasteiger partial charge < -0.3 is 23.0 Å². The standard InChI is InChI=1S/C45H27N5O.C24H16N2.C21H12ClN3O.2CH4.B/c1-3-13-28(14-4-1)43-46-44(29-23-24-34-33-19-9-12-22-39(33)51-40(34)27-29)48-45(47-43)50-38-21-11-8-18-32(38)36-26-25-35-31-17-7-10-20-37(31)49(41(35)42(36)50)30-15-5-2-6-16-30;1-2-8-16(9-3-1)26-22-13-7-5-11-18(22)20-15-14-19-17-10-4-6-12-21(17)25-23(19)24(20)26;22-21-24-19(13-6-2-1-3-7-13)23-20(25-21)14-10-11-16-15-8-4-5-9-17(15)26-18(16)12-14;;;/h1-27H;1-15,25H;1-12H;2*1H4;/i1D,3D,4D,13D,14D;;1D,2D,3D,6D,7D;;;. The molecule has 3 radical (unpaired) electrons. The van der Waals surface area contributed by atoms with Crippen LogP contribution in [0, 0.1) is 0 Å². The Morgan fingerprint density at radius 1 is 0.302 bits per heavy atom. The van der Waals surface area contributed by atoms with Crippen molar-refractivity contribution in [2.75, 3.05) is 0 Å². The van der Waals surface area contributed by atoms with Gasteiger partial charge in [0.25, 0.3) is 0 Å². The maximum atomic E-state index is 8.92. The zero-order chi connectivity index (χ0) is 76.8. The number of para-hydroxylation sites is 8. The lowest BCUT2D eigenvalue weighted by atomic mass is 10.1. The van der Waals surface area contributed by atoms with Crippen LogP contribution in [0.2, 0.25) is 5.28 Å². The molecule has 106 heavy (non-hydrogen) atoms. The van der Waals surface area contributed by atoms with Crippen molar-refractivity contribution in [3.8, 4) is 62.9 Å². The number of nitrogens with zero attached hydrogens (tertiary/aromatic N) is 9. The average molecular weight is 1400 g/mol. The molecule has 0 fully saturated rings. The van der Waals surface area contributed by atoms with Crippen molar-refractivity contribution in [1.82, 2.24) is 48.6 Å². The molecule has 0 spiro atoms. The van der Waals surface area contributed by atoms with Crippen LogP contribution in [0.4, 0.5) is 0 Å². The molecule has 0 saturated carbocycles. The summed E-state index contributed by atoms with van der Waals surface area (Å²) in [4.78, 5) is 31.2. The highest BCUT2D eigenvalue weighted by molar-refractivity contribution is 6.28. The van der Waals surface area contributed by atoms with Gasteiger partial charge in [0.2, 0.25) is 11.2 Å². The van der Waals surface area contributed by atoms with E-state index in [9.17, 15) is 0 Å². The molecule has 0 saturated heterocycles. The highest BCUT2D eigenvalue weighted by atomic mass is 35.5. The second-order valence-electron chi connectivity index (χ2n) is 24.8. The van der Waals surface area contributed by atoms with Gasteiger partial charge in [0.1, 0.15) is 22.3 Å². The zero-order valence-corrected chi connectivity index (χ0v) is 55.5. The zero-order valence-electron chi connectivity index (χ0n) is 64.7. The van der Waals surface area contributed by atoms with E-state index in [4.69, 9.17) is 49.1 Å². The molecule has 0 aliphatic rings. The van der Waals surface area contributed by atoms with Crippen LogP contribution in [0.5, 0.6) is 0 Å².